The Morgan fingerprint density at radius 2 is 1.86 bits per heavy atom. The van der Waals surface area contributed by atoms with Gasteiger partial charge in [-0.3, -0.25) is 9.59 Å². The van der Waals surface area contributed by atoms with Crippen molar-refractivity contribution >= 4 is 22.8 Å². The quantitative estimate of drug-likeness (QED) is 0.627. The number of aryl methyl sites for hydroxylation is 1. The molecule has 5 heteroatoms. The molecule has 1 aromatic heterocycles. The monoisotopic (exact) mass is 379 g/mol. The molecule has 0 bridgehead atoms. The summed E-state index contributed by atoms with van der Waals surface area (Å²) in [6.07, 6.45) is 0.780. The van der Waals surface area contributed by atoms with E-state index in [0.29, 0.717) is 6.54 Å². The molecule has 2 atom stereocenters. The first kappa shape index (κ1) is 19.7. The Hall–Kier alpha value is -3.08. The van der Waals surface area contributed by atoms with Crippen molar-refractivity contribution in [3.8, 4) is 0 Å². The van der Waals surface area contributed by atoms with Crippen LogP contribution in [0.2, 0.25) is 0 Å². The first-order valence-electron chi connectivity index (χ1n) is 9.43. The highest BCUT2D eigenvalue weighted by Gasteiger charge is 2.20. The van der Waals surface area contributed by atoms with Crippen LogP contribution in [0.15, 0.2) is 59.2 Å². The number of esters is 1. The number of nitrogens with one attached hydrogen (secondary N) is 1. The van der Waals surface area contributed by atoms with E-state index in [2.05, 4.69) is 5.32 Å². The molecule has 0 saturated carbocycles. The first-order chi connectivity index (χ1) is 13.4. The molecule has 1 amide bonds. The van der Waals surface area contributed by atoms with Crippen molar-refractivity contribution < 1.29 is 18.7 Å². The predicted octanol–water partition coefficient (Wildman–Crippen LogP) is 4.14. The minimum absolute atomic E-state index is 0.0636. The number of hydrogen-bond acceptors (Lipinski definition) is 4. The number of ether oxygens (including phenoxy) is 1. The zero-order valence-electron chi connectivity index (χ0n) is 16.4. The van der Waals surface area contributed by atoms with Crippen molar-refractivity contribution in [3.05, 3.63) is 71.5 Å². The molecular weight excluding hydrogens is 354 g/mol. The van der Waals surface area contributed by atoms with E-state index in [1.54, 1.807) is 13.2 Å². The van der Waals surface area contributed by atoms with E-state index >= 15 is 0 Å². The van der Waals surface area contributed by atoms with Gasteiger partial charge in [0.1, 0.15) is 5.58 Å². The number of furan rings is 1. The van der Waals surface area contributed by atoms with Gasteiger partial charge in [-0.1, -0.05) is 49.4 Å². The van der Waals surface area contributed by atoms with Gasteiger partial charge >= 0.3 is 5.97 Å². The van der Waals surface area contributed by atoms with E-state index in [1.807, 2.05) is 62.4 Å². The number of hydrogen-bond donors (Lipinski definition) is 1. The average Bonchev–Trinajstić information content (AvgIpc) is 3.07. The maximum absolute atomic E-state index is 12.3. The lowest BCUT2D eigenvalue weighted by Gasteiger charge is -2.16. The molecule has 3 rings (SSSR count). The maximum atomic E-state index is 12.3. The highest BCUT2D eigenvalue weighted by molar-refractivity contribution is 5.88. The molecule has 0 fully saturated rings. The summed E-state index contributed by atoms with van der Waals surface area (Å²) in [5.41, 5.74) is 3.73. The van der Waals surface area contributed by atoms with Gasteiger partial charge in [-0.15, -0.1) is 0 Å². The molecule has 0 aliphatic carbocycles. The third kappa shape index (κ3) is 4.80. The normalized spacial score (nSPS) is 13.1. The molecule has 28 heavy (non-hydrogen) atoms. The minimum atomic E-state index is -0.851. The van der Waals surface area contributed by atoms with Crippen LogP contribution in [0.25, 0.3) is 11.0 Å². The summed E-state index contributed by atoms with van der Waals surface area (Å²) >= 11 is 0. The molecule has 146 valence electrons. The lowest BCUT2D eigenvalue weighted by molar-refractivity contribution is -0.154. The van der Waals surface area contributed by atoms with Gasteiger partial charge in [-0.2, -0.15) is 0 Å². The molecule has 0 aliphatic heterocycles. The summed E-state index contributed by atoms with van der Waals surface area (Å²) in [5.74, 6) is -0.584. The number of fused-ring (bicyclic) bond motifs is 1. The lowest BCUT2D eigenvalue weighted by Crippen LogP contribution is -2.37. The van der Waals surface area contributed by atoms with Gasteiger partial charge in [0.25, 0.3) is 5.91 Å². The van der Waals surface area contributed by atoms with Crippen molar-refractivity contribution in [1.29, 1.82) is 0 Å². The van der Waals surface area contributed by atoms with Crippen LogP contribution in [-0.2, 0) is 20.7 Å². The molecular formula is C23H25NO4. The van der Waals surface area contributed by atoms with Gasteiger partial charge in [-0.25, -0.2) is 0 Å². The summed E-state index contributed by atoms with van der Waals surface area (Å²) in [7, 11) is 0. The average molecular weight is 379 g/mol. The van der Waals surface area contributed by atoms with Crippen molar-refractivity contribution in [1.82, 2.24) is 5.32 Å². The Kier molecular flexibility index (Phi) is 6.14. The second kappa shape index (κ2) is 8.74. The minimum Gasteiger partial charge on any atom is -0.464 e. The Morgan fingerprint density at radius 3 is 2.61 bits per heavy atom. The second-order valence-corrected chi connectivity index (χ2v) is 7.13. The third-order valence-corrected chi connectivity index (χ3v) is 4.77. The molecule has 0 radical (unpaired) electrons. The van der Waals surface area contributed by atoms with Crippen LogP contribution >= 0.6 is 0 Å². The zero-order valence-corrected chi connectivity index (χ0v) is 16.4. The number of rotatable bonds is 7. The molecule has 5 nitrogen and oxygen atoms in total. The Balaban J connectivity index is 1.51. The summed E-state index contributed by atoms with van der Waals surface area (Å²) in [4.78, 5) is 24.5. The molecule has 0 spiro atoms. The Morgan fingerprint density at radius 1 is 1.11 bits per heavy atom. The van der Waals surface area contributed by atoms with Crippen LogP contribution < -0.4 is 5.32 Å². The van der Waals surface area contributed by atoms with E-state index in [9.17, 15) is 9.59 Å². The smallest absolute Gasteiger partial charge is 0.311 e. The molecule has 1 heterocycles. The standard InChI is InChI=1S/C23H25NO4/c1-15-9-10-20-19(14-27-21(20)11-15)12-22(25)28-17(3)23(26)24-13-16(2)18-7-5-4-6-8-18/h4-11,14,16-17H,12-13H2,1-3H3,(H,24,26)/t16-,17+/m0/s1. The topological polar surface area (TPSA) is 68.5 Å². The number of benzene rings is 2. The van der Waals surface area contributed by atoms with E-state index < -0.39 is 12.1 Å². The first-order valence-corrected chi connectivity index (χ1v) is 9.43. The molecule has 1 N–H and O–H groups in total. The highest BCUT2D eigenvalue weighted by Crippen LogP contribution is 2.23. The Labute approximate surface area is 164 Å². The van der Waals surface area contributed by atoms with E-state index in [0.717, 1.165) is 27.7 Å². The fraction of sp³-hybridized carbons (Fsp3) is 0.304. The lowest BCUT2D eigenvalue weighted by atomic mass is 10.0. The van der Waals surface area contributed by atoms with Gasteiger partial charge in [-0.05, 0) is 37.0 Å². The number of carbonyl (C=O) groups is 2. The predicted molar refractivity (Wildman–Crippen MR) is 108 cm³/mol. The van der Waals surface area contributed by atoms with Crippen molar-refractivity contribution in [3.63, 3.8) is 0 Å². The fourth-order valence-electron chi connectivity index (χ4n) is 3.07. The molecule has 0 unspecified atom stereocenters. The van der Waals surface area contributed by atoms with Crippen LogP contribution in [-0.4, -0.2) is 24.5 Å². The number of carbonyl (C=O) groups excluding carboxylic acids is 2. The van der Waals surface area contributed by atoms with Gasteiger partial charge in [0.15, 0.2) is 6.10 Å². The van der Waals surface area contributed by atoms with E-state index in [4.69, 9.17) is 9.15 Å². The van der Waals surface area contributed by atoms with E-state index in [1.165, 1.54) is 0 Å². The zero-order chi connectivity index (χ0) is 20.1. The molecule has 3 aromatic rings. The van der Waals surface area contributed by atoms with Gasteiger partial charge in [0.05, 0.1) is 12.7 Å². The molecule has 0 aliphatic rings. The van der Waals surface area contributed by atoms with Crippen LogP contribution in [0.4, 0.5) is 0 Å². The summed E-state index contributed by atoms with van der Waals surface area (Å²) in [5, 5.41) is 3.73. The van der Waals surface area contributed by atoms with Crippen molar-refractivity contribution in [2.75, 3.05) is 6.54 Å². The highest BCUT2D eigenvalue weighted by atomic mass is 16.5. The van der Waals surface area contributed by atoms with Crippen molar-refractivity contribution in [2.24, 2.45) is 0 Å². The summed E-state index contributed by atoms with van der Waals surface area (Å²) in [6.45, 7) is 6.08. The molecule has 0 saturated heterocycles. The largest absolute Gasteiger partial charge is 0.464 e. The fourth-order valence-corrected chi connectivity index (χ4v) is 3.07. The van der Waals surface area contributed by atoms with Crippen LogP contribution in [0.1, 0.15) is 36.5 Å². The second-order valence-electron chi connectivity index (χ2n) is 7.13. The van der Waals surface area contributed by atoms with Crippen molar-refractivity contribution in [2.45, 2.75) is 39.2 Å². The summed E-state index contributed by atoms with van der Waals surface area (Å²) in [6, 6.07) is 15.8. The molecule has 2 aromatic carbocycles. The van der Waals surface area contributed by atoms with Gasteiger partial charge in [0, 0.05) is 17.5 Å². The Bertz CT molecular complexity index is 961. The van der Waals surface area contributed by atoms with Crippen LogP contribution in [0, 0.1) is 6.92 Å². The van der Waals surface area contributed by atoms with Crippen LogP contribution in [0.5, 0.6) is 0 Å². The summed E-state index contributed by atoms with van der Waals surface area (Å²) < 4.78 is 10.8. The number of amides is 1. The van der Waals surface area contributed by atoms with Gasteiger partial charge < -0.3 is 14.5 Å². The maximum Gasteiger partial charge on any atom is 0.311 e. The van der Waals surface area contributed by atoms with E-state index in [-0.39, 0.29) is 18.2 Å². The SMILES string of the molecule is Cc1ccc2c(CC(=O)O[C@H](C)C(=O)NC[C@H](C)c3ccccc3)coc2c1. The third-order valence-electron chi connectivity index (χ3n) is 4.77. The van der Waals surface area contributed by atoms with Crippen LogP contribution in [0.3, 0.4) is 0 Å². The van der Waals surface area contributed by atoms with Gasteiger partial charge in [0.2, 0.25) is 0 Å².